The number of alkyl carbamates (subject to hydrolysis) is 1. The van der Waals surface area contributed by atoms with Gasteiger partial charge in [0.05, 0.1) is 0 Å². The quantitative estimate of drug-likeness (QED) is 0.771. The van der Waals surface area contributed by atoms with Gasteiger partial charge in [0.1, 0.15) is 5.60 Å². The highest BCUT2D eigenvalue weighted by Gasteiger charge is 2.63. The Kier molecular flexibility index (Phi) is 2.46. The molecule has 0 aromatic carbocycles. The van der Waals surface area contributed by atoms with Crippen molar-refractivity contribution in [1.29, 1.82) is 0 Å². The van der Waals surface area contributed by atoms with Crippen molar-refractivity contribution in [2.75, 3.05) is 6.54 Å². The van der Waals surface area contributed by atoms with Crippen LogP contribution < -0.4 is 11.1 Å². The predicted molar refractivity (Wildman–Crippen MR) is 62.1 cm³/mol. The fraction of sp³-hybridized carbons (Fsp3) is 0.917. The summed E-state index contributed by atoms with van der Waals surface area (Å²) in [4.78, 5) is 11.5. The molecule has 0 unspecified atom stereocenters. The van der Waals surface area contributed by atoms with Crippen molar-refractivity contribution in [3.63, 3.8) is 0 Å². The third-order valence-electron chi connectivity index (χ3n) is 3.67. The Hall–Kier alpha value is -0.770. The maximum absolute atomic E-state index is 11.5. The lowest BCUT2D eigenvalue weighted by Crippen LogP contribution is -2.44. The maximum Gasteiger partial charge on any atom is 0.407 e. The number of amides is 1. The molecule has 4 nitrogen and oxygen atoms in total. The number of ether oxygens (including phenoxy) is 1. The largest absolute Gasteiger partial charge is 0.444 e. The summed E-state index contributed by atoms with van der Waals surface area (Å²) < 4.78 is 5.20. The molecule has 0 aromatic rings. The third kappa shape index (κ3) is 2.32. The third-order valence-corrected chi connectivity index (χ3v) is 3.67. The molecule has 0 radical (unpaired) electrons. The Morgan fingerprint density at radius 2 is 1.88 bits per heavy atom. The summed E-state index contributed by atoms with van der Waals surface area (Å²) in [6, 6.07) is 0. The zero-order chi connectivity index (χ0) is 12.0. The number of hydrogen-bond acceptors (Lipinski definition) is 3. The number of nitrogens with two attached hydrogens (primary N) is 1. The van der Waals surface area contributed by atoms with Crippen molar-refractivity contribution in [2.45, 2.75) is 57.6 Å². The molecule has 2 saturated carbocycles. The monoisotopic (exact) mass is 226 g/mol. The molecule has 3 N–H and O–H groups in total. The zero-order valence-corrected chi connectivity index (χ0v) is 10.4. The van der Waals surface area contributed by atoms with Gasteiger partial charge in [0.2, 0.25) is 0 Å². The van der Waals surface area contributed by atoms with E-state index in [2.05, 4.69) is 5.32 Å². The molecule has 0 heterocycles. The van der Waals surface area contributed by atoms with Crippen molar-refractivity contribution >= 4 is 6.09 Å². The van der Waals surface area contributed by atoms with Gasteiger partial charge >= 0.3 is 6.09 Å². The smallest absolute Gasteiger partial charge is 0.407 e. The molecule has 2 rings (SSSR count). The van der Waals surface area contributed by atoms with Crippen LogP contribution in [0.2, 0.25) is 0 Å². The summed E-state index contributed by atoms with van der Waals surface area (Å²) >= 11 is 0. The summed E-state index contributed by atoms with van der Waals surface area (Å²) in [5.74, 6) is 0. The highest BCUT2D eigenvalue weighted by Crippen LogP contribution is 2.62. The Morgan fingerprint density at radius 1 is 1.31 bits per heavy atom. The molecule has 2 aliphatic rings. The van der Waals surface area contributed by atoms with E-state index < -0.39 is 5.60 Å². The van der Waals surface area contributed by atoms with Gasteiger partial charge in [0, 0.05) is 17.5 Å². The van der Waals surface area contributed by atoms with Crippen molar-refractivity contribution < 1.29 is 9.53 Å². The highest BCUT2D eigenvalue weighted by atomic mass is 16.6. The van der Waals surface area contributed by atoms with Crippen LogP contribution in [0, 0.1) is 5.41 Å². The minimum Gasteiger partial charge on any atom is -0.444 e. The van der Waals surface area contributed by atoms with Crippen LogP contribution in [0.4, 0.5) is 4.79 Å². The Bertz CT molecular complexity index is 299. The van der Waals surface area contributed by atoms with E-state index in [1.165, 1.54) is 0 Å². The number of hydrogen-bond donors (Lipinski definition) is 2. The SMILES string of the molecule is CC(C)(C)OC(=O)NCC1(C2(N)CC2)CC1. The lowest BCUT2D eigenvalue weighted by Gasteiger charge is -2.25. The summed E-state index contributed by atoms with van der Waals surface area (Å²) in [5.41, 5.74) is 5.95. The van der Waals surface area contributed by atoms with E-state index in [4.69, 9.17) is 10.5 Å². The van der Waals surface area contributed by atoms with Crippen LogP contribution in [0.3, 0.4) is 0 Å². The number of carbonyl (C=O) groups is 1. The van der Waals surface area contributed by atoms with Crippen LogP contribution >= 0.6 is 0 Å². The summed E-state index contributed by atoms with van der Waals surface area (Å²) in [5, 5.41) is 2.85. The lowest BCUT2D eigenvalue weighted by atomic mass is 9.94. The molecule has 0 aromatic heterocycles. The van der Waals surface area contributed by atoms with Crippen LogP contribution in [0.1, 0.15) is 46.5 Å². The molecule has 16 heavy (non-hydrogen) atoms. The fourth-order valence-corrected chi connectivity index (χ4v) is 2.22. The van der Waals surface area contributed by atoms with Gasteiger partial charge < -0.3 is 15.8 Å². The first-order chi connectivity index (χ1) is 7.27. The molecule has 2 aliphatic carbocycles. The second-order valence-electron chi connectivity index (χ2n) is 6.29. The average molecular weight is 226 g/mol. The minimum atomic E-state index is -0.430. The van der Waals surface area contributed by atoms with E-state index in [-0.39, 0.29) is 17.0 Å². The minimum absolute atomic E-state index is 0.00200. The fourth-order valence-electron chi connectivity index (χ4n) is 2.22. The molecule has 0 aliphatic heterocycles. The molecule has 92 valence electrons. The first-order valence-corrected chi connectivity index (χ1v) is 6.02. The first-order valence-electron chi connectivity index (χ1n) is 6.02. The molecule has 0 atom stereocenters. The van der Waals surface area contributed by atoms with E-state index >= 15 is 0 Å². The van der Waals surface area contributed by atoms with E-state index in [0.717, 1.165) is 25.7 Å². The number of rotatable bonds is 3. The molecule has 0 saturated heterocycles. The average Bonchev–Trinajstić information content (AvgIpc) is 2.94. The molecule has 1 amide bonds. The van der Waals surface area contributed by atoms with Crippen molar-refractivity contribution in [3.8, 4) is 0 Å². The van der Waals surface area contributed by atoms with Gasteiger partial charge in [-0.1, -0.05) is 0 Å². The Balaban J connectivity index is 1.78. The molecule has 0 spiro atoms. The molecule has 4 heteroatoms. The Labute approximate surface area is 96.9 Å². The van der Waals surface area contributed by atoms with Crippen molar-refractivity contribution in [2.24, 2.45) is 11.1 Å². The van der Waals surface area contributed by atoms with Crippen LogP contribution in [0.5, 0.6) is 0 Å². The normalized spacial score (nSPS) is 24.8. The number of carbonyl (C=O) groups excluding carboxylic acids is 1. The summed E-state index contributed by atoms with van der Waals surface area (Å²) in [7, 11) is 0. The molecular weight excluding hydrogens is 204 g/mol. The standard InChI is InChI=1S/C12H22N2O2/c1-10(2,3)16-9(15)14-8-11(4-5-11)12(13)6-7-12/h4-8,13H2,1-3H3,(H,14,15). The van der Waals surface area contributed by atoms with Gasteiger partial charge in [-0.2, -0.15) is 0 Å². The first kappa shape index (κ1) is 11.7. The maximum atomic E-state index is 11.5. The van der Waals surface area contributed by atoms with Gasteiger partial charge in [-0.3, -0.25) is 0 Å². The topological polar surface area (TPSA) is 64.3 Å². The van der Waals surface area contributed by atoms with Crippen LogP contribution in [-0.4, -0.2) is 23.8 Å². The van der Waals surface area contributed by atoms with Crippen LogP contribution in [-0.2, 0) is 4.74 Å². The van der Waals surface area contributed by atoms with Gasteiger partial charge in [0.25, 0.3) is 0 Å². The van der Waals surface area contributed by atoms with E-state index in [1.54, 1.807) is 0 Å². The van der Waals surface area contributed by atoms with Gasteiger partial charge in [-0.15, -0.1) is 0 Å². The summed E-state index contributed by atoms with van der Waals surface area (Å²) in [6.45, 7) is 6.26. The van der Waals surface area contributed by atoms with E-state index in [0.29, 0.717) is 6.54 Å². The van der Waals surface area contributed by atoms with Gasteiger partial charge in [-0.05, 0) is 46.5 Å². The zero-order valence-electron chi connectivity index (χ0n) is 10.4. The van der Waals surface area contributed by atoms with Crippen LogP contribution in [0.25, 0.3) is 0 Å². The lowest BCUT2D eigenvalue weighted by molar-refractivity contribution is 0.0512. The second-order valence-corrected chi connectivity index (χ2v) is 6.29. The number of nitrogens with one attached hydrogen (secondary N) is 1. The molecular formula is C12H22N2O2. The molecule has 0 bridgehead atoms. The van der Waals surface area contributed by atoms with Crippen molar-refractivity contribution in [3.05, 3.63) is 0 Å². The van der Waals surface area contributed by atoms with Gasteiger partial charge in [-0.25, -0.2) is 4.79 Å². The summed E-state index contributed by atoms with van der Waals surface area (Å²) in [6.07, 6.45) is 4.15. The second kappa shape index (κ2) is 3.36. The predicted octanol–water partition coefficient (Wildman–Crippen LogP) is 1.78. The molecule has 2 fully saturated rings. The van der Waals surface area contributed by atoms with Crippen molar-refractivity contribution in [1.82, 2.24) is 5.32 Å². The van der Waals surface area contributed by atoms with Gasteiger partial charge in [0.15, 0.2) is 0 Å². The Morgan fingerprint density at radius 3 is 2.25 bits per heavy atom. The van der Waals surface area contributed by atoms with E-state index in [1.807, 2.05) is 20.8 Å². The van der Waals surface area contributed by atoms with Crippen LogP contribution in [0.15, 0.2) is 0 Å². The highest BCUT2D eigenvalue weighted by molar-refractivity contribution is 5.67. The van der Waals surface area contributed by atoms with E-state index in [9.17, 15) is 4.79 Å².